The van der Waals surface area contributed by atoms with Gasteiger partial charge in [0, 0.05) is 5.75 Å². The van der Waals surface area contributed by atoms with E-state index in [2.05, 4.69) is 4.99 Å². The minimum absolute atomic E-state index is 0. The number of thioether (sulfide) groups is 1. The third-order valence-electron chi connectivity index (χ3n) is 0.773. The Kier molecular flexibility index (Phi) is 7.94. The summed E-state index contributed by atoms with van der Waals surface area (Å²) >= 11 is 1.26. The van der Waals surface area contributed by atoms with E-state index in [0.717, 1.165) is 0 Å². The monoisotopic (exact) mass is 214 g/mol. The van der Waals surface area contributed by atoms with Crippen molar-refractivity contribution < 1.29 is 4.39 Å². The summed E-state index contributed by atoms with van der Waals surface area (Å²) in [6.45, 7) is 5.51. The van der Waals surface area contributed by atoms with Crippen LogP contribution in [-0.4, -0.2) is 23.1 Å². The van der Waals surface area contributed by atoms with Crippen molar-refractivity contribution in [2.24, 2.45) is 10.7 Å². The van der Waals surface area contributed by atoms with Gasteiger partial charge in [-0.1, -0.05) is 11.8 Å². The first-order valence-electron chi connectivity index (χ1n) is 3.50. The first-order valence-corrected chi connectivity index (χ1v) is 4.48. The van der Waals surface area contributed by atoms with Crippen LogP contribution in [0.25, 0.3) is 0 Å². The first kappa shape index (κ1) is 14.6. The van der Waals surface area contributed by atoms with Gasteiger partial charge in [0.05, 0.1) is 12.2 Å². The molecule has 0 saturated carbocycles. The normalized spacial score (nSPS) is 12.5. The maximum Gasteiger partial charge on any atom is 0.154 e. The van der Waals surface area contributed by atoms with Gasteiger partial charge in [-0.3, -0.25) is 9.38 Å². The van der Waals surface area contributed by atoms with Crippen LogP contribution < -0.4 is 5.73 Å². The largest absolute Gasteiger partial charge is 0.379 e. The average molecular weight is 215 g/mol. The van der Waals surface area contributed by atoms with Crippen LogP contribution in [0.1, 0.15) is 20.8 Å². The van der Waals surface area contributed by atoms with Crippen molar-refractivity contribution in [1.82, 2.24) is 0 Å². The minimum atomic E-state index is -0.356. The molecule has 0 aliphatic carbocycles. The van der Waals surface area contributed by atoms with Crippen molar-refractivity contribution in [3.8, 4) is 0 Å². The van der Waals surface area contributed by atoms with Gasteiger partial charge in [-0.05, 0) is 20.8 Å². The summed E-state index contributed by atoms with van der Waals surface area (Å²) < 4.78 is 11.7. The molecule has 0 rings (SSSR count). The molecule has 0 bridgehead atoms. The predicted octanol–water partition coefficient (Wildman–Crippen LogP) is 2.22. The summed E-state index contributed by atoms with van der Waals surface area (Å²) in [6.07, 6.45) is 0. The van der Waals surface area contributed by atoms with Gasteiger partial charge in [0.15, 0.2) is 5.17 Å². The molecule has 0 aromatic carbocycles. The molecule has 0 saturated heterocycles. The number of alkyl halides is 1. The third kappa shape index (κ3) is 10.0. The number of aliphatic imine (C=N–C) groups is 1. The number of nitrogens with two attached hydrogens (primary N) is 1. The van der Waals surface area contributed by atoms with Crippen LogP contribution in [0.3, 0.4) is 0 Å². The lowest BCUT2D eigenvalue weighted by Crippen LogP contribution is -2.18. The standard InChI is InChI=1S/C7H15FN2S.ClH/c1-7(2,3)10-6(9)11-5-4-8;/h4-5H2,1-3H3,(H2,9,10);1H. The van der Waals surface area contributed by atoms with E-state index in [4.69, 9.17) is 5.73 Å². The van der Waals surface area contributed by atoms with E-state index in [1.54, 1.807) is 0 Å². The lowest BCUT2D eigenvalue weighted by molar-refractivity contribution is 0.533. The zero-order chi connectivity index (χ0) is 8.91. The molecule has 0 unspecified atom stereocenters. The van der Waals surface area contributed by atoms with E-state index >= 15 is 0 Å². The number of amidine groups is 1. The highest BCUT2D eigenvalue weighted by molar-refractivity contribution is 8.13. The van der Waals surface area contributed by atoms with Crippen molar-refractivity contribution in [3.63, 3.8) is 0 Å². The van der Waals surface area contributed by atoms with E-state index < -0.39 is 0 Å². The van der Waals surface area contributed by atoms with Crippen LogP contribution in [0.4, 0.5) is 4.39 Å². The van der Waals surface area contributed by atoms with E-state index in [9.17, 15) is 4.39 Å². The molecule has 2 N–H and O–H groups in total. The second kappa shape index (κ2) is 6.54. The Labute approximate surface area is 83.6 Å². The summed E-state index contributed by atoms with van der Waals surface area (Å²) in [4.78, 5) is 4.14. The summed E-state index contributed by atoms with van der Waals surface area (Å²) in [5, 5.41) is 0.468. The zero-order valence-corrected chi connectivity index (χ0v) is 9.27. The Morgan fingerprint density at radius 2 is 2.00 bits per heavy atom. The first-order chi connectivity index (χ1) is 4.95. The lowest BCUT2D eigenvalue weighted by Gasteiger charge is -2.12. The molecule has 12 heavy (non-hydrogen) atoms. The highest BCUT2D eigenvalue weighted by Crippen LogP contribution is 2.09. The quantitative estimate of drug-likeness (QED) is 0.566. The predicted molar refractivity (Wildman–Crippen MR) is 57.1 cm³/mol. The van der Waals surface area contributed by atoms with Gasteiger partial charge in [-0.2, -0.15) is 0 Å². The lowest BCUT2D eigenvalue weighted by atomic mass is 10.1. The second-order valence-electron chi connectivity index (χ2n) is 3.16. The van der Waals surface area contributed by atoms with Crippen LogP contribution in [0.15, 0.2) is 4.99 Å². The van der Waals surface area contributed by atoms with Crippen LogP contribution in [0.2, 0.25) is 0 Å². The summed E-state index contributed by atoms with van der Waals surface area (Å²) in [7, 11) is 0. The van der Waals surface area contributed by atoms with Crippen LogP contribution in [0.5, 0.6) is 0 Å². The Morgan fingerprint density at radius 1 is 1.50 bits per heavy atom. The van der Waals surface area contributed by atoms with Gasteiger partial charge in [-0.15, -0.1) is 12.4 Å². The molecule has 74 valence electrons. The summed E-state index contributed by atoms with van der Waals surface area (Å²) in [6, 6.07) is 0. The molecular formula is C7H16ClFN2S. The molecule has 0 aromatic rings. The zero-order valence-electron chi connectivity index (χ0n) is 7.63. The van der Waals surface area contributed by atoms with Gasteiger partial charge in [0.25, 0.3) is 0 Å². The van der Waals surface area contributed by atoms with Crippen molar-refractivity contribution in [3.05, 3.63) is 0 Å². The summed E-state index contributed by atoms with van der Waals surface area (Å²) in [5.74, 6) is 0.394. The van der Waals surface area contributed by atoms with E-state index in [1.807, 2.05) is 20.8 Å². The molecule has 0 aliphatic rings. The van der Waals surface area contributed by atoms with E-state index in [0.29, 0.717) is 10.9 Å². The highest BCUT2D eigenvalue weighted by Gasteiger charge is 2.07. The van der Waals surface area contributed by atoms with Crippen molar-refractivity contribution >= 4 is 29.3 Å². The number of hydrogen-bond acceptors (Lipinski definition) is 2. The Morgan fingerprint density at radius 3 is 2.33 bits per heavy atom. The Bertz CT molecular complexity index is 145. The van der Waals surface area contributed by atoms with Crippen LogP contribution in [-0.2, 0) is 0 Å². The van der Waals surface area contributed by atoms with Gasteiger partial charge >= 0.3 is 0 Å². The van der Waals surface area contributed by atoms with Gasteiger partial charge < -0.3 is 5.73 Å². The molecule has 0 atom stereocenters. The van der Waals surface area contributed by atoms with E-state index in [-0.39, 0.29) is 24.6 Å². The number of hydrogen-bond donors (Lipinski definition) is 1. The van der Waals surface area contributed by atoms with Crippen molar-refractivity contribution in [2.45, 2.75) is 26.3 Å². The topological polar surface area (TPSA) is 38.4 Å². The molecule has 0 aromatic heterocycles. The maximum absolute atomic E-state index is 11.7. The smallest absolute Gasteiger partial charge is 0.154 e. The highest BCUT2D eigenvalue weighted by atomic mass is 35.5. The molecule has 5 heteroatoms. The molecule has 0 amide bonds. The van der Waals surface area contributed by atoms with Gasteiger partial charge in [-0.25, -0.2) is 0 Å². The molecule has 0 heterocycles. The molecule has 0 spiro atoms. The van der Waals surface area contributed by atoms with Crippen LogP contribution in [0, 0.1) is 0 Å². The molecular weight excluding hydrogens is 199 g/mol. The minimum Gasteiger partial charge on any atom is -0.379 e. The maximum atomic E-state index is 11.7. The Balaban J connectivity index is 0. The summed E-state index contributed by atoms with van der Waals surface area (Å²) in [5.41, 5.74) is 5.33. The molecule has 0 radical (unpaired) electrons. The van der Waals surface area contributed by atoms with Crippen molar-refractivity contribution in [1.29, 1.82) is 0 Å². The van der Waals surface area contributed by atoms with Crippen molar-refractivity contribution in [2.75, 3.05) is 12.4 Å². The fourth-order valence-electron chi connectivity index (χ4n) is 0.506. The second-order valence-corrected chi connectivity index (χ2v) is 4.27. The average Bonchev–Trinajstić information content (AvgIpc) is 1.79. The number of halogens is 2. The SMILES string of the molecule is CC(C)(C)N=C(N)SCCF.Cl. The Hall–Kier alpha value is 0.0400. The fourth-order valence-corrected chi connectivity index (χ4v) is 1.13. The molecule has 2 nitrogen and oxygen atoms in total. The fraction of sp³-hybridized carbons (Fsp3) is 0.857. The van der Waals surface area contributed by atoms with E-state index in [1.165, 1.54) is 11.8 Å². The van der Waals surface area contributed by atoms with Gasteiger partial charge in [0.1, 0.15) is 0 Å². The molecule has 0 fully saturated rings. The van der Waals surface area contributed by atoms with Crippen LogP contribution >= 0.6 is 24.2 Å². The number of nitrogens with zero attached hydrogens (tertiary/aromatic N) is 1. The number of rotatable bonds is 2. The third-order valence-corrected chi connectivity index (χ3v) is 1.52. The van der Waals surface area contributed by atoms with Gasteiger partial charge in [0.2, 0.25) is 0 Å². The molecule has 0 aliphatic heterocycles.